The van der Waals surface area contributed by atoms with Crippen molar-refractivity contribution in [1.29, 1.82) is 0 Å². The van der Waals surface area contributed by atoms with Gasteiger partial charge in [-0.2, -0.15) is 4.31 Å². The van der Waals surface area contributed by atoms with Crippen molar-refractivity contribution in [3.05, 3.63) is 30.1 Å². The Balaban J connectivity index is 2.18. The molecule has 1 fully saturated rings. The zero-order valence-corrected chi connectivity index (χ0v) is 17.0. The van der Waals surface area contributed by atoms with Crippen LogP contribution in [0.4, 0.5) is 4.39 Å². The van der Waals surface area contributed by atoms with Crippen LogP contribution in [0, 0.1) is 11.7 Å². The molecule has 29 heavy (non-hydrogen) atoms. The van der Waals surface area contributed by atoms with Gasteiger partial charge in [-0.25, -0.2) is 12.8 Å². The Morgan fingerprint density at radius 2 is 1.66 bits per heavy atom. The second-order valence-corrected chi connectivity index (χ2v) is 8.44. The third kappa shape index (κ3) is 5.73. The molecule has 1 amide bonds. The highest BCUT2D eigenvalue weighted by molar-refractivity contribution is 7.89. The fourth-order valence-electron chi connectivity index (χ4n) is 3.03. The summed E-state index contributed by atoms with van der Waals surface area (Å²) in [7, 11) is -1.61. The molecule has 1 atom stereocenters. The highest BCUT2D eigenvalue weighted by Gasteiger charge is 2.36. The maximum absolute atomic E-state index is 13.1. The number of halogens is 1. The maximum atomic E-state index is 13.1. The van der Waals surface area contributed by atoms with Crippen molar-refractivity contribution in [3.63, 3.8) is 0 Å². The van der Waals surface area contributed by atoms with Gasteiger partial charge in [0, 0.05) is 13.1 Å². The third-order valence-electron chi connectivity index (χ3n) is 4.59. The van der Waals surface area contributed by atoms with Crippen molar-refractivity contribution in [3.8, 4) is 0 Å². The van der Waals surface area contributed by atoms with Crippen LogP contribution in [-0.2, 0) is 33.9 Å². The van der Waals surface area contributed by atoms with E-state index in [0.717, 1.165) is 47.7 Å². The van der Waals surface area contributed by atoms with Crippen molar-refractivity contribution in [2.24, 2.45) is 5.92 Å². The van der Waals surface area contributed by atoms with Gasteiger partial charge >= 0.3 is 11.9 Å². The Morgan fingerprint density at radius 3 is 2.17 bits per heavy atom. The normalized spacial score (nSPS) is 17.4. The van der Waals surface area contributed by atoms with Gasteiger partial charge in [-0.1, -0.05) is 0 Å². The van der Waals surface area contributed by atoms with Crippen molar-refractivity contribution in [2.45, 2.75) is 17.7 Å². The van der Waals surface area contributed by atoms with Crippen LogP contribution in [-0.4, -0.2) is 75.9 Å². The Labute approximate surface area is 168 Å². The molecule has 1 saturated heterocycles. The van der Waals surface area contributed by atoms with Crippen LogP contribution in [0.15, 0.2) is 29.2 Å². The van der Waals surface area contributed by atoms with Crippen LogP contribution in [0.3, 0.4) is 0 Å². The summed E-state index contributed by atoms with van der Waals surface area (Å²) in [6, 6.07) is 4.43. The number of ether oxygens (including phenoxy) is 2. The summed E-state index contributed by atoms with van der Waals surface area (Å²) in [5, 5.41) is 0. The number of nitrogens with zero attached hydrogens (tertiary/aromatic N) is 2. The summed E-state index contributed by atoms with van der Waals surface area (Å²) in [5.74, 6) is -3.27. The molecule has 9 nitrogen and oxygen atoms in total. The Kier molecular flexibility index (Phi) is 7.68. The lowest BCUT2D eigenvalue weighted by Gasteiger charge is -2.33. The molecule has 1 unspecified atom stereocenters. The first-order valence-corrected chi connectivity index (χ1v) is 10.3. The Hall–Kier alpha value is -2.53. The average molecular weight is 430 g/mol. The summed E-state index contributed by atoms with van der Waals surface area (Å²) >= 11 is 0. The number of benzene rings is 1. The van der Waals surface area contributed by atoms with Gasteiger partial charge in [0.05, 0.1) is 25.0 Å². The van der Waals surface area contributed by atoms with Crippen molar-refractivity contribution >= 4 is 27.9 Å². The number of amides is 1. The molecule has 1 aromatic rings. The first kappa shape index (κ1) is 22.8. The number of carbonyl (C=O) groups excluding carboxylic acids is 3. The number of hydrogen-bond donors (Lipinski definition) is 0. The first-order chi connectivity index (χ1) is 13.7. The molecule has 0 spiro atoms. The van der Waals surface area contributed by atoms with E-state index < -0.39 is 52.7 Å². The molecule has 0 N–H and O–H groups in total. The van der Waals surface area contributed by atoms with Gasteiger partial charge in [-0.05, 0) is 37.1 Å². The molecular formula is C18H23FN2O7S. The SMILES string of the molecule is COC(=O)CN(CC(=O)OC)C(=O)C1CCCN(S(=O)(=O)c2ccc(F)cc2)C1. The van der Waals surface area contributed by atoms with Gasteiger partial charge in [0.2, 0.25) is 15.9 Å². The second kappa shape index (κ2) is 9.79. The van der Waals surface area contributed by atoms with E-state index in [2.05, 4.69) is 9.47 Å². The van der Waals surface area contributed by atoms with Crippen LogP contribution in [0.2, 0.25) is 0 Å². The largest absolute Gasteiger partial charge is 0.468 e. The number of sulfonamides is 1. The molecule has 1 heterocycles. The van der Waals surface area contributed by atoms with Crippen LogP contribution in [0.1, 0.15) is 12.8 Å². The quantitative estimate of drug-likeness (QED) is 0.576. The van der Waals surface area contributed by atoms with Crippen LogP contribution >= 0.6 is 0 Å². The number of hydrogen-bond acceptors (Lipinski definition) is 7. The molecule has 0 saturated carbocycles. The Morgan fingerprint density at radius 1 is 1.10 bits per heavy atom. The van der Waals surface area contributed by atoms with E-state index in [1.165, 1.54) is 0 Å². The fraction of sp³-hybridized carbons (Fsp3) is 0.500. The van der Waals surface area contributed by atoms with Gasteiger partial charge < -0.3 is 14.4 Å². The lowest BCUT2D eigenvalue weighted by molar-refractivity contribution is -0.154. The second-order valence-electron chi connectivity index (χ2n) is 6.50. The number of esters is 2. The minimum atomic E-state index is -3.91. The zero-order valence-electron chi connectivity index (χ0n) is 16.2. The molecule has 160 valence electrons. The molecule has 0 radical (unpaired) electrons. The number of piperidine rings is 1. The van der Waals surface area contributed by atoms with E-state index >= 15 is 0 Å². The van der Waals surface area contributed by atoms with Crippen LogP contribution in [0.25, 0.3) is 0 Å². The van der Waals surface area contributed by atoms with Gasteiger partial charge in [0.25, 0.3) is 0 Å². The molecule has 2 rings (SSSR count). The minimum Gasteiger partial charge on any atom is -0.468 e. The van der Waals surface area contributed by atoms with E-state index in [1.807, 2.05) is 0 Å². The highest BCUT2D eigenvalue weighted by Crippen LogP contribution is 2.25. The van der Waals surface area contributed by atoms with Crippen molar-refractivity contribution < 1.29 is 36.7 Å². The van der Waals surface area contributed by atoms with Crippen molar-refractivity contribution in [2.75, 3.05) is 40.4 Å². The standard InChI is InChI=1S/C18H23FN2O7S/c1-27-16(22)11-20(12-17(23)28-2)18(24)13-4-3-9-21(10-13)29(25,26)15-7-5-14(19)6-8-15/h5-8,13H,3-4,9-12H2,1-2H3. The van der Waals surface area contributed by atoms with E-state index in [1.54, 1.807) is 0 Å². The van der Waals surface area contributed by atoms with E-state index in [4.69, 9.17) is 0 Å². The average Bonchev–Trinajstić information content (AvgIpc) is 2.72. The summed E-state index contributed by atoms with van der Waals surface area (Å²) in [6.07, 6.45) is 0.814. The van der Waals surface area contributed by atoms with E-state index in [0.29, 0.717) is 12.8 Å². The third-order valence-corrected chi connectivity index (χ3v) is 6.47. The predicted molar refractivity (Wildman–Crippen MR) is 98.5 cm³/mol. The number of methoxy groups -OCH3 is 2. The topological polar surface area (TPSA) is 110 Å². The zero-order chi connectivity index (χ0) is 21.6. The summed E-state index contributed by atoms with van der Waals surface area (Å²) in [6.45, 7) is -0.813. The molecule has 1 aliphatic heterocycles. The predicted octanol–water partition coefficient (Wildman–Crippen LogP) is 0.401. The van der Waals surface area contributed by atoms with E-state index in [9.17, 15) is 27.2 Å². The van der Waals surface area contributed by atoms with Gasteiger partial charge in [0.15, 0.2) is 0 Å². The Bertz CT molecular complexity index is 839. The van der Waals surface area contributed by atoms with Crippen LogP contribution in [0.5, 0.6) is 0 Å². The lowest BCUT2D eigenvalue weighted by Crippen LogP contribution is -2.49. The summed E-state index contributed by atoms with van der Waals surface area (Å²) in [5.41, 5.74) is 0. The maximum Gasteiger partial charge on any atom is 0.325 e. The fourth-order valence-corrected chi connectivity index (χ4v) is 4.55. The monoisotopic (exact) mass is 430 g/mol. The molecule has 1 aromatic carbocycles. The smallest absolute Gasteiger partial charge is 0.325 e. The van der Waals surface area contributed by atoms with Gasteiger partial charge in [0.1, 0.15) is 18.9 Å². The number of carbonyl (C=O) groups is 3. The summed E-state index contributed by atoms with van der Waals surface area (Å²) < 4.78 is 49.0. The first-order valence-electron chi connectivity index (χ1n) is 8.87. The molecular weight excluding hydrogens is 407 g/mol. The highest BCUT2D eigenvalue weighted by atomic mass is 32.2. The summed E-state index contributed by atoms with van der Waals surface area (Å²) in [4.78, 5) is 37.0. The molecule has 1 aliphatic rings. The van der Waals surface area contributed by atoms with Gasteiger partial charge in [-0.3, -0.25) is 14.4 Å². The number of rotatable bonds is 7. The van der Waals surface area contributed by atoms with Gasteiger partial charge in [-0.15, -0.1) is 0 Å². The van der Waals surface area contributed by atoms with Crippen molar-refractivity contribution in [1.82, 2.24) is 9.21 Å². The van der Waals surface area contributed by atoms with E-state index in [-0.39, 0.29) is 18.0 Å². The lowest BCUT2D eigenvalue weighted by atomic mass is 9.98. The molecule has 11 heteroatoms. The molecule has 0 aromatic heterocycles. The minimum absolute atomic E-state index is 0.0759. The van der Waals surface area contributed by atoms with Crippen LogP contribution < -0.4 is 0 Å². The molecule has 0 aliphatic carbocycles. The molecule has 0 bridgehead atoms.